The number of rotatable bonds is 4. The molecule has 6 nitrogen and oxygen atoms in total. The highest BCUT2D eigenvalue weighted by Gasteiger charge is 2.51. The SMILES string of the molecule is C[C@@H](NC(=O)CN1C(=O)NC2(CCCCC2)C1=O)c1ccccc1Cl. The normalized spacial score (nSPS) is 20.5. The first kappa shape index (κ1) is 17.7. The minimum Gasteiger partial charge on any atom is -0.348 e. The number of urea groups is 1. The minimum atomic E-state index is -0.802. The maximum atomic E-state index is 12.7. The van der Waals surface area contributed by atoms with Crippen molar-refractivity contribution in [3.05, 3.63) is 34.9 Å². The molecule has 1 heterocycles. The third-order valence-electron chi connectivity index (χ3n) is 5.00. The maximum Gasteiger partial charge on any atom is 0.325 e. The van der Waals surface area contributed by atoms with Crippen molar-refractivity contribution in [2.24, 2.45) is 0 Å². The minimum absolute atomic E-state index is 0.277. The van der Waals surface area contributed by atoms with Gasteiger partial charge in [0.2, 0.25) is 5.91 Å². The van der Waals surface area contributed by atoms with Crippen LogP contribution in [0.4, 0.5) is 4.79 Å². The summed E-state index contributed by atoms with van der Waals surface area (Å²) in [6, 6.07) is 6.45. The Bertz CT molecular complexity index is 701. The lowest BCUT2D eigenvalue weighted by Gasteiger charge is -2.30. The summed E-state index contributed by atoms with van der Waals surface area (Å²) < 4.78 is 0. The van der Waals surface area contributed by atoms with Gasteiger partial charge in [-0.2, -0.15) is 0 Å². The van der Waals surface area contributed by atoms with E-state index >= 15 is 0 Å². The predicted molar refractivity (Wildman–Crippen MR) is 94.1 cm³/mol. The van der Waals surface area contributed by atoms with Crippen molar-refractivity contribution in [1.29, 1.82) is 0 Å². The fraction of sp³-hybridized carbons (Fsp3) is 0.500. The molecule has 0 bridgehead atoms. The quantitative estimate of drug-likeness (QED) is 0.807. The molecule has 0 radical (unpaired) electrons. The van der Waals surface area contributed by atoms with E-state index in [1.165, 1.54) is 0 Å². The van der Waals surface area contributed by atoms with E-state index in [1.54, 1.807) is 6.07 Å². The van der Waals surface area contributed by atoms with E-state index < -0.39 is 11.6 Å². The molecular formula is C18H22ClN3O3. The van der Waals surface area contributed by atoms with Gasteiger partial charge in [0.15, 0.2) is 0 Å². The Kier molecular flexibility index (Phi) is 4.99. The molecular weight excluding hydrogens is 342 g/mol. The molecule has 0 unspecified atom stereocenters. The summed E-state index contributed by atoms with van der Waals surface area (Å²) in [7, 11) is 0. The van der Waals surface area contributed by atoms with Gasteiger partial charge in [-0.3, -0.25) is 14.5 Å². The van der Waals surface area contributed by atoms with Crippen LogP contribution in [-0.2, 0) is 9.59 Å². The second kappa shape index (κ2) is 7.04. The Labute approximate surface area is 151 Å². The lowest BCUT2D eigenvalue weighted by Crippen LogP contribution is -2.49. The van der Waals surface area contributed by atoms with Crippen LogP contribution in [0.25, 0.3) is 0 Å². The van der Waals surface area contributed by atoms with Crippen molar-refractivity contribution < 1.29 is 14.4 Å². The molecule has 2 fully saturated rings. The lowest BCUT2D eigenvalue weighted by molar-refractivity contribution is -0.136. The number of carbonyl (C=O) groups excluding carboxylic acids is 3. The predicted octanol–water partition coefficient (Wildman–Crippen LogP) is 2.77. The molecule has 1 aromatic rings. The number of amides is 4. The van der Waals surface area contributed by atoms with E-state index in [0.29, 0.717) is 17.9 Å². The van der Waals surface area contributed by atoms with E-state index in [2.05, 4.69) is 10.6 Å². The van der Waals surface area contributed by atoms with Gasteiger partial charge in [0.25, 0.3) is 5.91 Å². The van der Waals surface area contributed by atoms with Crippen molar-refractivity contribution >= 4 is 29.4 Å². The van der Waals surface area contributed by atoms with Crippen molar-refractivity contribution in [1.82, 2.24) is 15.5 Å². The molecule has 3 rings (SSSR count). The van der Waals surface area contributed by atoms with E-state index in [1.807, 2.05) is 25.1 Å². The van der Waals surface area contributed by atoms with Crippen LogP contribution in [0, 0.1) is 0 Å². The summed E-state index contributed by atoms with van der Waals surface area (Å²) in [6.45, 7) is 1.54. The van der Waals surface area contributed by atoms with Crippen LogP contribution in [0.15, 0.2) is 24.3 Å². The molecule has 134 valence electrons. The van der Waals surface area contributed by atoms with Gasteiger partial charge in [0.1, 0.15) is 12.1 Å². The Balaban J connectivity index is 1.64. The number of hydrogen-bond donors (Lipinski definition) is 2. The smallest absolute Gasteiger partial charge is 0.325 e. The van der Waals surface area contributed by atoms with Crippen molar-refractivity contribution in [2.45, 2.75) is 50.6 Å². The van der Waals surface area contributed by atoms with E-state index in [-0.39, 0.29) is 24.4 Å². The van der Waals surface area contributed by atoms with Crippen LogP contribution in [0.5, 0.6) is 0 Å². The van der Waals surface area contributed by atoms with Crippen LogP contribution in [-0.4, -0.2) is 34.8 Å². The second-order valence-electron chi connectivity index (χ2n) is 6.77. The number of imide groups is 1. The van der Waals surface area contributed by atoms with Gasteiger partial charge < -0.3 is 10.6 Å². The molecule has 1 atom stereocenters. The molecule has 1 saturated carbocycles. The third kappa shape index (κ3) is 3.49. The highest BCUT2D eigenvalue weighted by atomic mass is 35.5. The van der Waals surface area contributed by atoms with Crippen LogP contribution in [0.2, 0.25) is 5.02 Å². The van der Waals surface area contributed by atoms with Gasteiger partial charge in [0.05, 0.1) is 6.04 Å². The molecule has 7 heteroatoms. The van der Waals surface area contributed by atoms with Crippen LogP contribution in [0.3, 0.4) is 0 Å². The highest BCUT2D eigenvalue weighted by molar-refractivity contribution is 6.31. The topological polar surface area (TPSA) is 78.5 Å². The van der Waals surface area contributed by atoms with E-state index in [4.69, 9.17) is 11.6 Å². The summed E-state index contributed by atoms with van der Waals surface area (Å²) in [5.74, 6) is -0.665. The largest absolute Gasteiger partial charge is 0.348 e. The Hall–Kier alpha value is -2.08. The first-order chi connectivity index (χ1) is 11.9. The van der Waals surface area contributed by atoms with Crippen LogP contribution in [0.1, 0.15) is 50.6 Å². The average molecular weight is 364 g/mol. The third-order valence-corrected chi connectivity index (χ3v) is 5.35. The molecule has 2 aliphatic rings. The summed E-state index contributed by atoms with van der Waals surface area (Å²) in [5, 5.41) is 6.17. The number of nitrogens with one attached hydrogen (secondary N) is 2. The fourth-order valence-corrected chi connectivity index (χ4v) is 3.95. The lowest BCUT2D eigenvalue weighted by atomic mass is 9.82. The zero-order valence-corrected chi connectivity index (χ0v) is 14.9. The van der Waals surface area contributed by atoms with Gasteiger partial charge >= 0.3 is 6.03 Å². The molecule has 1 aromatic carbocycles. The zero-order chi connectivity index (χ0) is 18.0. The zero-order valence-electron chi connectivity index (χ0n) is 14.2. The number of benzene rings is 1. The first-order valence-corrected chi connectivity index (χ1v) is 8.99. The number of hydrogen-bond acceptors (Lipinski definition) is 3. The Morgan fingerprint density at radius 2 is 1.96 bits per heavy atom. The van der Waals surface area contributed by atoms with Gasteiger partial charge in [-0.15, -0.1) is 0 Å². The van der Waals surface area contributed by atoms with Gasteiger partial charge in [-0.25, -0.2) is 4.79 Å². The fourth-order valence-electron chi connectivity index (χ4n) is 3.65. The monoisotopic (exact) mass is 363 g/mol. The summed E-state index contributed by atoms with van der Waals surface area (Å²) in [5.41, 5.74) is -0.0114. The average Bonchev–Trinajstić information content (AvgIpc) is 2.80. The number of carbonyl (C=O) groups is 3. The Morgan fingerprint density at radius 1 is 1.28 bits per heavy atom. The van der Waals surface area contributed by atoms with Gasteiger partial charge in [-0.05, 0) is 31.4 Å². The van der Waals surface area contributed by atoms with Crippen molar-refractivity contribution in [2.75, 3.05) is 6.54 Å². The summed E-state index contributed by atoms with van der Waals surface area (Å²) in [6.07, 6.45) is 4.18. The van der Waals surface area contributed by atoms with E-state index in [9.17, 15) is 14.4 Å². The van der Waals surface area contributed by atoms with Crippen LogP contribution >= 0.6 is 11.6 Å². The number of halogens is 1. The first-order valence-electron chi connectivity index (χ1n) is 8.61. The Morgan fingerprint density at radius 3 is 2.64 bits per heavy atom. The molecule has 0 aromatic heterocycles. The molecule has 1 spiro atoms. The number of nitrogens with zero attached hydrogens (tertiary/aromatic N) is 1. The highest BCUT2D eigenvalue weighted by Crippen LogP contribution is 2.33. The van der Waals surface area contributed by atoms with Crippen molar-refractivity contribution in [3.63, 3.8) is 0 Å². The maximum absolute atomic E-state index is 12.7. The summed E-state index contributed by atoms with van der Waals surface area (Å²) >= 11 is 6.14. The molecule has 1 saturated heterocycles. The van der Waals surface area contributed by atoms with Gasteiger partial charge in [0, 0.05) is 5.02 Å². The summed E-state index contributed by atoms with van der Waals surface area (Å²) in [4.78, 5) is 38.2. The molecule has 4 amide bonds. The standard InChI is InChI=1S/C18H22ClN3O3/c1-12(13-7-3-4-8-14(13)19)20-15(23)11-22-16(24)18(21-17(22)25)9-5-2-6-10-18/h3-4,7-8,12H,2,5-6,9-11H2,1H3,(H,20,23)(H,21,25)/t12-/m1/s1. The molecule has 1 aliphatic heterocycles. The van der Waals surface area contributed by atoms with Gasteiger partial charge in [-0.1, -0.05) is 49.1 Å². The molecule has 25 heavy (non-hydrogen) atoms. The molecule has 2 N–H and O–H groups in total. The molecule has 1 aliphatic carbocycles. The second-order valence-corrected chi connectivity index (χ2v) is 7.18. The van der Waals surface area contributed by atoms with Crippen molar-refractivity contribution in [3.8, 4) is 0 Å². The van der Waals surface area contributed by atoms with Crippen LogP contribution < -0.4 is 10.6 Å². The van der Waals surface area contributed by atoms with E-state index in [0.717, 1.165) is 29.7 Å².